The van der Waals surface area contributed by atoms with E-state index in [0.717, 1.165) is 18.4 Å². The van der Waals surface area contributed by atoms with E-state index in [1.807, 2.05) is 7.05 Å². The first-order valence-electron chi connectivity index (χ1n) is 7.06. The average Bonchev–Trinajstić information content (AvgIpc) is 2.40. The zero-order valence-corrected chi connectivity index (χ0v) is 12.7. The van der Waals surface area contributed by atoms with Crippen LogP contribution in [0.4, 0.5) is 13.2 Å². The lowest BCUT2D eigenvalue weighted by Gasteiger charge is -2.32. The van der Waals surface area contributed by atoms with Crippen molar-refractivity contribution in [1.29, 1.82) is 0 Å². The quantitative estimate of drug-likeness (QED) is 0.834. The van der Waals surface area contributed by atoms with Gasteiger partial charge in [-0.3, -0.25) is 4.90 Å². The van der Waals surface area contributed by atoms with Crippen molar-refractivity contribution in [2.75, 3.05) is 13.6 Å². The molecule has 0 aromatic heterocycles. The van der Waals surface area contributed by atoms with E-state index < -0.39 is 6.36 Å². The number of nitrogens with two attached hydrogens (primary N) is 1. The number of halogens is 3. The first kappa shape index (κ1) is 17.8. The van der Waals surface area contributed by atoms with E-state index in [0.29, 0.717) is 12.6 Å². The number of likely N-dealkylation sites (N-methyl/N-ethyl adjacent to an activating group) is 1. The van der Waals surface area contributed by atoms with Crippen molar-refractivity contribution >= 4 is 0 Å². The molecule has 0 heterocycles. The highest BCUT2D eigenvalue weighted by atomic mass is 19.4. The highest BCUT2D eigenvalue weighted by Crippen LogP contribution is 2.27. The van der Waals surface area contributed by atoms with Crippen molar-refractivity contribution in [1.82, 2.24) is 4.90 Å². The van der Waals surface area contributed by atoms with Crippen molar-refractivity contribution < 1.29 is 17.9 Å². The summed E-state index contributed by atoms with van der Waals surface area (Å²) in [6.07, 6.45) is -2.55. The Balaban J connectivity index is 2.82. The molecule has 0 bridgehead atoms. The Hall–Kier alpha value is -1.27. The summed E-state index contributed by atoms with van der Waals surface area (Å²) in [5.74, 6) is -0.216. The van der Waals surface area contributed by atoms with Gasteiger partial charge in [0.1, 0.15) is 5.75 Å². The summed E-state index contributed by atoms with van der Waals surface area (Å²) in [4.78, 5) is 2.16. The summed E-state index contributed by atoms with van der Waals surface area (Å²) in [7, 11) is 1.98. The van der Waals surface area contributed by atoms with Crippen molar-refractivity contribution in [2.24, 2.45) is 5.73 Å². The van der Waals surface area contributed by atoms with Crippen LogP contribution in [0.5, 0.6) is 5.75 Å². The maximum atomic E-state index is 12.1. The van der Waals surface area contributed by atoms with Crippen molar-refractivity contribution in [3.8, 4) is 5.75 Å². The van der Waals surface area contributed by atoms with Gasteiger partial charge in [-0.1, -0.05) is 25.5 Å². The maximum absolute atomic E-state index is 12.1. The third kappa shape index (κ3) is 5.55. The molecule has 0 amide bonds. The molecule has 0 aliphatic rings. The second kappa shape index (κ2) is 7.66. The van der Waals surface area contributed by atoms with Gasteiger partial charge in [0, 0.05) is 18.6 Å². The predicted molar refractivity (Wildman–Crippen MR) is 77.1 cm³/mol. The molecule has 1 aromatic rings. The van der Waals surface area contributed by atoms with Crippen LogP contribution in [0.3, 0.4) is 0 Å². The molecule has 0 saturated carbocycles. The third-order valence-corrected chi connectivity index (χ3v) is 3.62. The Bertz CT molecular complexity index is 420. The van der Waals surface area contributed by atoms with E-state index >= 15 is 0 Å². The van der Waals surface area contributed by atoms with Crippen LogP contribution in [0.15, 0.2) is 24.3 Å². The van der Waals surface area contributed by atoms with Crippen LogP contribution in [-0.2, 0) is 0 Å². The van der Waals surface area contributed by atoms with Crippen LogP contribution >= 0.6 is 0 Å². The summed E-state index contributed by atoms with van der Waals surface area (Å²) >= 11 is 0. The normalized spacial score (nSPS) is 15.0. The lowest BCUT2D eigenvalue weighted by molar-refractivity contribution is -0.274. The molecule has 120 valence electrons. The summed E-state index contributed by atoms with van der Waals surface area (Å²) in [6.45, 7) is 4.64. The Morgan fingerprint density at radius 3 is 2.24 bits per heavy atom. The van der Waals surface area contributed by atoms with Gasteiger partial charge in [-0.15, -0.1) is 13.2 Å². The SMILES string of the molecule is CCCC(C)N(C)C(CN)c1ccc(OC(F)(F)F)cc1. The fourth-order valence-corrected chi connectivity index (χ4v) is 2.36. The highest BCUT2D eigenvalue weighted by Gasteiger charge is 2.31. The van der Waals surface area contributed by atoms with Gasteiger partial charge in [0.15, 0.2) is 0 Å². The third-order valence-electron chi connectivity index (χ3n) is 3.62. The monoisotopic (exact) mass is 304 g/mol. The van der Waals surface area contributed by atoms with E-state index in [2.05, 4.69) is 23.5 Å². The summed E-state index contributed by atoms with van der Waals surface area (Å²) in [6, 6.07) is 6.25. The fourth-order valence-electron chi connectivity index (χ4n) is 2.36. The van der Waals surface area contributed by atoms with Crippen LogP contribution in [0.25, 0.3) is 0 Å². The van der Waals surface area contributed by atoms with E-state index in [-0.39, 0.29) is 11.8 Å². The Morgan fingerprint density at radius 2 is 1.81 bits per heavy atom. The van der Waals surface area contributed by atoms with Gasteiger partial charge in [-0.05, 0) is 38.1 Å². The van der Waals surface area contributed by atoms with Crippen LogP contribution in [-0.4, -0.2) is 30.9 Å². The smallest absolute Gasteiger partial charge is 0.406 e. The Labute approximate surface area is 123 Å². The van der Waals surface area contributed by atoms with Crippen LogP contribution in [0.1, 0.15) is 38.3 Å². The molecule has 0 radical (unpaired) electrons. The van der Waals surface area contributed by atoms with Crippen LogP contribution in [0, 0.1) is 0 Å². The van der Waals surface area contributed by atoms with Crippen LogP contribution < -0.4 is 10.5 Å². The van der Waals surface area contributed by atoms with E-state index in [9.17, 15) is 13.2 Å². The van der Waals surface area contributed by atoms with Gasteiger partial charge in [0.05, 0.1) is 0 Å². The summed E-state index contributed by atoms with van der Waals surface area (Å²) in [5, 5.41) is 0. The zero-order chi connectivity index (χ0) is 16.0. The van der Waals surface area contributed by atoms with Crippen molar-refractivity contribution in [2.45, 2.75) is 45.1 Å². The topological polar surface area (TPSA) is 38.5 Å². The zero-order valence-electron chi connectivity index (χ0n) is 12.7. The number of benzene rings is 1. The Kier molecular flexibility index (Phi) is 6.48. The lowest BCUT2D eigenvalue weighted by Crippen LogP contribution is -2.37. The molecule has 1 aromatic carbocycles. The van der Waals surface area contributed by atoms with Crippen LogP contribution in [0.2, 0.25) is 0 Å². The first-order chi connectivity index (χ1) is 9.78. The number of hydrogen-bond acceptors (Lipinski definition) is 3. The molecule has 6 heteroatoms. The lowest BCUT2D eigenvalue weighted by atomic mass is 10.0. The highest BCUT2D eigenvalue weighted by molar-refractivity contribution is 5.29. The number of ether oxygens (including phenoxy) is 1. The molecule has 21 heavy (non-hydrogen) atoms. The standard InChI is InChI=1S/C15H23F3N2O/c1-4-5-11(2)20(3)14(10-19)12-6-8-13(9-7-12)21-15(16,17)18/h6-9,11,14H,4-5,10,19H2,1-3H3. The molecule has 2 unspecified atom stereocenters. The van der Waals surface area contributed by atoms with Crippen molar-refractivity contribution in [3.63, 3.8) is 0 Å². The minimum atomic E-state index is -4.67. The van der Waals surface area contributed by atoms with Crippen molar-refractivity contribution in [3.05, 3.63) is 29.8 Å². The minimum Gasteiger partial charge on any atom is -0.406 e. The van der Waals surface area contributed by atoms with E-state index in [4.69, 9.17) is 5.73 Å². The summed E-state index contributed by atoms with van der Waals surface area (Å²) in [5.41, 5.74) is 6.71. The number of alkyl halides is 3. The van der Waals surface area contributed by atoms with Gasteiger partial charge in [0.25, 0.3) is 0 Å². The van der Waals surface area contributed by atoms with E-state index in [1.54, 1.807) is 12.1 Å². The fraction of sp³-hybridized carbons (Fsp3) is 0.600. The molecule has 0 fully saturated rings. The predicted octanol–water partition coefficient (Wildman–Crippen LogP) is 3.71. The second-order valence-electron chi connectivity index (χ2n) is 5.17. The molecular weight excluding hydrogens is 281 g/mol. The van der Waals surface area contributed by atoms with Gasteiger partial charge in [0.2, 0.25) is 0 Å². The molecule has 0 spiro atoms. The first-order valence-corrected chi connectivity index (χ1v) is 7.06. The molecular formula is C15H23F3N2O. The molecule has 3 nitrogen and oxygen atoms in total. The molecule has 0 saturated heterocycles. The van der Waals surface area contributed by atoms with Gasteiger partial charge < -0.3 is 10.5 Å². The maximum Gasteiger partial charge on any atom is 0.573 e. The largest absolute Gasteiger partial charge is 0.573 e. The number of rotatable bonds is 7. The molecule has 2 N–H and O–H groups in total. The molecule has 0 aliphatic carbocycles. The van der Waals surface area contributed by atoms with Gasteiger partial charge in [-0.2, -0.15) is 0 Å². The number of hydrogen-bond donors (Lipinski definition) is 1. The van der Waals surface area contributed by atoms with E-state index in [1.165, 1.54) is 12.1 Å². The molecule has 1 rings (SSSR count). The van der Waals surface area contributed by atoms with Gasteiger partial charge >= 0.3 is 6.36 Å². The number of nitrogens with zero attached hydrogens (tertiary/aromatic N) is 1. The minimum absolute atomic E-state index is 0.0218. The second-order valence-corrected chi connectivity index (χ2v) is 5.17. The average molecular weight is 304 g/mol. The molecule has 2 atom stereocenters. The summed E-state index contributed by atoms with van der Waals surface area (Å²) < 4.78 is 40.3. The van der Waals surface area contributed by atoms with Gasteiger partial charge in [-0.25, -0.2) is 0 Å². The molecule has 0 aliphatic heterocycles. The Morgan fingerprint density at radius 1 is 1.24 bits per heavy atom.